The summed E-state index contributed by atoms with van der Waals surface area (Å²) in [5.74, 6) is -1.10. The quantitative estimate of drug-likeness (QED) is 0.775. The van der Waals surface area contributed by atoms with E-state index in [4.69, 9.17) is 9.84 Å². The molecule has 0 spiro atoms. The number of carbonyl (C=O) groups is 2. The van der Waals surface area contributed by atoms with Crippen LogP contribution in [-0.4, -0.2) is 41.3 Å². The van der Waals surface area contributed by atoms with Gasteiger partial charge in [0, 0.05) is 13.2 Å². The molecular weight excluding hydrogens is 262 g/mol. The minimum atomic E-state index is -1.10. The smallest absolute Gasteiger partial charge is 0.354 e. The van der Waals surface area contributed by atoms with E-state index in [-0.39, 0.29) is 17.8 Å². The van der Waals surface area contributed by atoms with E-state index in [0.29, 0.717) is 12.2 Å². The van der Waals surface area contributed by atoms with Crippen LogP contribution in [0, 0.1) is 0 Å². The van der Waals surface area contributed by atoms with Crippen LogP contribution in [0.1, 0.15) is 29.8 Å². The van der Waals surface area contributed by atoms with Crippen molar-refractivity contribution in [1.29, 1.82) is 0 Å². The third-order valence-corrected chi connectivity index (χ3v) is 3.00. The van der Waals surface area contributed by atoms with Gasteiger partial charge >= 0.3 is 12.0 Å². The Bertz CT molecular complexity index is 469. The normalized spacial score (nSPS) is 18.3. The van der Waals surface area contributed by atoms with Gasteiger partial charge in [0.2, 0.25) is 0 Å². The van der Waals surface area contributed by atoms with Crippen molar-refractivity contribution in [2.24, 2.45) is 0 Å². The van der Waals surface area contributed by atoms with Gasteiger partial charge < -0.3 is 20.5 Å². The lowest BCUT2D eigenvalue weighted by Gasteiger charge is -2.22. The van der Waals surface area contributed by atoms with Gasteiger partial charge in [0.05, 0.1) is 18.0 Å². The molecule has 7 nitrogen and oxygen atoms in total. The molecule has 1 aromatic rings. The zero-order valence-electron chi connectivity index (χ0n) is 11.0. The van der Waals surface area contributed by atoms with Gasteiger partial charge in [0.1, 0.15) is 5.69 Å². The monoisotopic (exact) mass is 279 g/mol. The number of aromatic nitrogens is 1. The van der Waals surface area contributed by atoms with E-state index in [2.05, 4.69) is 15.6 Å². The number of rotatable bonds is 4. The van der Waals surface area contributed by atoms with Crippen LogP contribution < -0.4 is 10.6 Å². The average Bonchev–Trinajstić information content (AvgIpc) is 2.47. The lowest BCUT2D eigenvalue weighted by atomic mass is 10.1. The molecule has 1 fully saturated rings. The molecule has 20 heavy (non-hydrogen) atoms. The molecule has 1 saturated heterocycles. The summed E-state index contributed by atoms with van der Waals surface area (Å²) in [6.07, 6.45) is 4.52. The number of ether oxygens (including phenoxy) is 1. The second-order valence-electron chi connectivity index (χ2n) is 4.56. The minimum Gasteiger partial charge on any atom is -0.477 e. The van der Waals surface area contributed by atoms with E-state index in [9.17, 15) is 9.59 Å². The topological polar surface area (TPSA) is 101 Å². The first kappa shape index (κ1) is 14.3. The highest BCUT2D eigenvalue weighted by atomic mass is 16.5. The molecule has 2 rings (SSSR count). The molecule has 1 atom stereocenters. The summed E-state index contributed by atoms with van der Waals surface area (Å²) in [6, 6.07) is 2.47. The summed E-state index contributed by atoms with van der Waals surface area (Å²) < 4.78 is 5.50. The van der Waals surface area contributed by atoms with Crippen LogP contribution in [-0.2, 0) is 4.74 Å². The van der Waals surface area contributed by atoms with Crippen molar-refractivity contribution in [3.63, 3.8) is 0 Å². The van der Waals surface area contributed by atoms with Gasteiger partial charge in [0.25, 0.3) is 0 Å². The van der Waals surface area contributed by atoms with Crippen LogP contribution in [0.2, 0.25) is 0 Å². The molecule has 1 unspecified atom stereocenters. The molecule has 1 aliphatic heterocycles. The zero-order valence-corrected chi connectivity index (χ0v) is 11.0. The molecule has 3 N–H and O–H groups in total. The Labute approximate surface area is 116 Å². The average molecular weight is 279 g/mol. The lowest BCUT2D eigenvalue weighted by molar-refractivity contribution is 0.0187. The molecule has 1 aromatic heterocycles. The van der Waals surface area contributed by atoms with E-state index in [1.165, 1.54) is 18.3 Å². The highest BCUT2D eigenvalue weighted by Crippen LogP contribution is 2.11. The molecule has 1 aliphatic rings. The van der Waals surface area contributed by atoms with Crippen molar-refractivity contribution >= 4 is 17.7 Å². The minimum absolute atomic E-state index is 0.0634. The molecule has 0 aromatic carbocycles. The van der Waals surface area contributed by atoms with Crippen LogP contribution in [0.15, 0.2) is 18.3 Å². The lowest BCUT2D eigenvalue weighted by Crippen LogP contribution is -2.37. The predicted molar refractivity (Wildman–Crippen MR) is 71.8 cm³/mol. The van der Waals surface area contributed by atoms with Crippen molar-refractivity contribution in [2.45, 2.75) is 25.4 Å². The number of nitrogens with one attached hydrogen (secondary N) is 2. The van der Waals surface area contributed by atoms with Crippen molar-refractivity contribution in [3.8, 4) is 0 Å². The summed E-state index contributed by atoms with van der Waals surface area (Å²) in [4.78, 5) is 26.0. The second kappa shape index (κ2) is 6.85. The first-order valence-corrected chi connectivity index (χ1v) is 6.51. The maximum atomic E-state index is 11.7. The molecule has 7 heteroatoms. The molecule has 2 heterocycles. The number of carboxylic acid groups (broad SMARTS) is 1. The van der Waals surface area contributed by atoms with Crippen LogP contribution >= 0.6 is 0 Å². The fourth-order valence-electron chi connectivity index (χ4n) is 1.94. The molecule has 0 bridgehead atoms. The summed E-state index contributed by atoms with van der Waals surface area (Å²) >= 11 is 0. The van der Waals surface area contributed by atoms with Crippen LogP contribution in [0.5, 0.6) is 0 Å². The van der Waals surface area contributed by atoms with Crippen molar-refractivity contribution in [2.75, 3.05) is 18.5 Å². The van der Waals surface area contributed by atoms with Gasteiger partial charge in [-0.25, -0.2) is 14.6 Å². The van der Waals surface area contributed by atoms with Crippen LogP contribution in [0.3, 0.4) is 0 Å². The number of urea groups is 1. The maximum Gasteiger partial charge on any atom is 0.354 e. The van der Waals surface area contributed by atoms with Crippen molar-refractivity contribution < 1.29 is 19.4 Å². The van der Waals surface area contributed by atoms with E-state index in [0.717, 1.165) is 25.9 Å². The highest BCUT2D eigenvalue weighted by molar-refractivity contribution is 5.90. The number of carboxylic acids is 1. The molecule has 0 radical (unpaired) electrons. The van der Waals surface area contributed by atoms with E-state index in [1.807, 2.05) is 0 Å². The Morgan fingerprint density at radius 1 is 1.40 bits per heavy atom. The molecule has 0 saturated carbocycles. The summed E-state index contributed by atoms with van der Waals surface area (Å²) in [5, 5.41) is 14.0. The Kier molecular flexibility index (Phi) is 4.89. The Morgan fingerprint density at radius 3 is 2.85 bits per heavy atom. The maximum absolute atomic E-state index is 11.7. The van der Waals surface area contributed by atoms with Gasteiger partial charge in [-0.15, -0.1) is 0 Å². The number of anilines is 1. The van der Waals surface area contributed by atoms with Gasteiger partial charge in [0.15, 0.2) is 0 Å². The van der Waals surface area contributed by atoms with Gasteiger partial charge in [-0.3, -0.25) is 0 Å². The van der Waals surface area contributed by atoms with Gasteiger partial charge in [-0.05, 0) is 31.4 Å². The SMILES string of the molecule is O=C(NCC1CCCCO1)Nc1ccc(C(=O)O)nc1. The molecule has 2 amide bonds. The third-order valence-electron chi connectivity index (χ3n) is 3.00. The number of nitrogens with zero attached hydrogens (tertiary/aromatic N) is 1. The summed E-state index contributed by atoms with van der Waals surface area (Å²) in [5.41, 5.74) is 0.378. The van der Waals surface area contributed by atoms with Crippen LogP contribution in [0.4, 0.5) is 10.5 Å². The second-order valence-corrected chi connectivity index (χ2v) is 4.56. The highest BCUT2D eigenvalue weighted by Gasteiger charge is 2.14. The fraction of sp³-hybridized carbons (Fsp3) is 0.462. The largest absolute Gasteiger partial charge is 0.477 e. The van der Waals surface area contributed by atoms with E-state index < -0.39 is 5.97 Å². The zero-order chi connectivity index (χ0) is 14.4. The standard InChI is InChI=1S/C13H17N3O4/c17-12(18)11-5-4-9(7-14-11)16-13(19)15-8-10-3-1-2-6-20-10/h4-5,7,10H,1-3,6,8H2,(H,17,18)(H2,15,16,19). The summed E-state index contributed by atoms with van der Waals surface area (Å²) in [6.45, 7) is 1.21. The molecular formula is C13H17N3O4. The number of hydrogen-bond acceptors (Lipinski definition) is 4. The number of aromatic carboxylic acids is 1. The Morgan fingerprint density at radius 2 is 2.25 bits per heavy atom. The first-order chi connectivity index (χ1) is 9.65. The molecule has 108 valence electrons. The van der Waals surface area contributed by atoms with Crippen molar-refractivity contribution in [3.05, 3.63) is 24.0 Å². The van der Waals surface area contributed by atoms with Gasteiger partial charge in [-0.1, -0.05) is 0 Å². The Hall–Kier alpha value is -2.15. The number of amides is 2. The Balaban J connectivity index is 1.77. The predicted octanol–water partition coefficient (Wildman–Crippen LogP) is 1.47. The summed E-state index contributed by atoms with van der Waals surface area (Å²) in [7, 11) is 0. The van der Waals surface area contributed by atoms with E-state index in [1.54, 1.807) is 0 Å². The van der Waals surface area contributed by atoms with Gasteiger partial charge in [-0.2, -0.15) is 0 Å². The first-order valence-electron chi connectivity index (χ1n) is 6.51. The van der Waals surface area contributed by atoms with Crippen molar-refractivity contribution in [1.82, 2.24) is 10.3 Å². The van der Waals surface area contributed by atoms with Crippen LogP contribution in [0.25, 0.3) is 0 Å². The third kappa shape index (κ3) is 4.20. The fourth-order valence-corrected chi connectivity index (χ4v) is 1.94. The number of pyridine rings is 1. The molecule has 0 aliphatic carbocycles. The number of hydrogen-bond donors (Lipinski definition) is 3. The number of carbonyl (C=O) groups excluding carboxylic acids is 1. The van der Waals surface area contributed by atoms with E-state index >= 15 is 0 Å².